The summed E-state index contributed by atoms with van der Waals surface area (Å²) in [6, 6.07) is 5.57. The van der Waals surface area contributed by atoms with Crippen molar-refractivity contribution in [2.24, 2.45) is 0 Å². The van der Waals surface area contributed by atoms with Crippen molar-refractivity contribution in [2.75, 3.05) is 43.6 Å². The van der Waals surface area contributed by atoms with E-state index in [2.05, 4.69) is 15.2 Å². The van der Waals surface area contributed by atoms with Gasteiger partial charge in [0.2, 0.25) is 0 Å². The van der Waals surface area contributed by atoms with Gasteiger partial charge in [-0.3, -0.25) is 4.57 Å². The van der Waals surface area contributed by atoms with Gasteiger partial charge < -0.3 is 24.8 Å². The van der Waals surface area contributed by atoms with Gasteiger partial charge in [0.1, 0.15) is 5.75 Å². The van der Waals surface area contributed by atoms with Gasteiger partial charge in [0.15, 0.2) is 11.6 Å². The number of rotatable bonds is 2. The second-order valence-corrected chi connectivity index (χ2v) is 6.81. The molecule has 4 heterocycles. The number of ether oxygens (including phenoxy) is 2. The molecule has 9 nitrogen and oxygen atoms in total. The second-order valence-electron chi connectivity index (χ2n) is 6.81. The number of carbonyl (C=O) groups is 1. The summed E-state index contributed by atoms with van der Waals surface area (Å²) in [5.74, 6) is 1.91. The van der Waals surface area contributed by atoms with Crippen molar-refractivity contribution < 1.29 is 19.4 Å². The highest BCUT2D eigenvalue weighted by Crippen LogP contribution is 2.35. The first-order valence-corrected chi connectivity index (χ1v) is 9.04. The van der Waals surface area contributed by atoms with Crippen molar-refractivity contribution in [1.82, 2.24) is 14.5 Å². The monoisotopic (exact) mass is 381 g/mol. The lowest BCUT2D eigenvalue weighted by atomic mass is 10.1. The Labute approximate surface area is 160 Å². The number of methoxy groups -OCH3 is 1. The van der Waals surface area contributed by atoms with Crippen LogP contribution in [0.1, 0.15) is 0 Å². The van der Waals surface area contributed by atoms with Crippen molar-refractivity contribution in [1.29, 1.82) is 0 Å². The van der Waals surface area contributed by atoms with Crippen LogP contribution in [0.5, 0.6) is 5.75 Å². The predicted octanol–water partition coefficient (Wildman–Crippen LogP) is 2.26. The Bertz CT molecular complexity index is 1080. The number of hydrogen-bond acceptors (Lipinski definition) is 7. The molecule has 5 rings (SSSR count). The van der Waals surface area contributed by atoms with Gasteiger partial charge in [-0.15, -0.1) is 0 Å². The molecule has 2 aliphatic rings. The molecule has 0 bridgehead atoms. The van der Waals surface area contributed by atoms with Gasteiger partial charge in [-0.2, -0.15) is 0 Å². The van der Waals surface area contributed by atoms with Crippen molar-refractivity contribution in [3.63, 3.8) is 0 Å². The summed E-state index contributed by atoms with van der Waals surface area (Å²) < 4.78 is 12.0. The molecule has 1 saturated heterocycles. The van der Waals surface area contributed by atoms with E-state index in [0.29, 0.717) is 35.9 Å². The predicted molar refractivity (Wildman–Crippen MR) is 103 cm³/mol. The lowest BCUT2D eigenvalue weighted by Crippen LogP contribution is -2.52. The third-order valence-corrected chi connectivity index (χ3v) is 5.26. The smallest absolute Gasteiger partial charge is 0.416 e. The maximum atomic E-state index is 11.7. The normalized spacial score (nSPS) is 18.3. The minimum atomic E-state index is -1.07. The molecule has 1 atom stereocenters. The highest BCUT2D eigenvalue weighted by atomic mass is 16.5. The summed E-state index contributed by atoms with van der Waals surface area (Å²) in [5, 5.41) is 13.7. The molecule has 0 radical (unpaired) electrons. The molecule has 2 aromatic heterocycles. The highest BCUT2D eigenvalue weighted by molar-refractivity contribution is 6.00. The fourth-order valence-corrected chi connectivity index (χ4v) is 3.85. The van der Waals surface area contributed by atoms with Crippen LogP contribution >= 0.6 is 0 Å². The molecule has 28 heavy (non-hydrogen) atoms. The second kappa shape index (κ2) is 6.38. The molecule has 1 aromatic carbocycles. The molecule has 2 aliphatic heterocycles. The van der Waals surface area contributed by atoms with Gasteiger partial charge in [-0.25, -0.2) is 14.8 Å². The third-order valence-electron chi connectivity index (χ3n) is 5.26. The summed E-state index contributed by atoms with van der Waals surface area (Å²) in [5.41, 5.74) is 2.08. The van der Waals surface area contributed by atoms with Crippen molar-refractivity contribution in [3.05, 3.63) is 30.6 Å². The van der Waals surface area contributed by atoms with Crippen LogP contribution in [-0.4, -0.2) is 65.2 Å². The fourth-order valence-electron chi connectivity index (χ4n) is 3.85. The minimum Gasteiger partial charge on any atom is -0.497 e. The van der Waals surface area contributed by atoms with Gasteiger partial charge in [0.05, 0.1) is 43.8 Å². The van der Waals surface area contributed by atoms with E-state index in [4.69, 9.17) is 14.5 Å². The largest absolute Gasteiger partial charge is 0.497 e. The first-order valence-electron chi connectivity index (χ1n) is 9.04. The maximum Gasteiger partial charge on any atom is 0.416 e. The number of morpholine rings is 1. The van der Waals surface area contributed by atoms with E-state index in [0.717, 1.165) is 30.0 Å². The molecule has 0 amide bonds. The summed E-state index contributed by atoms with van der Waals surface area (Å²) in [4.78, 5) is 23.3. The average Bonchev–Trinajstić information content (AvgIpc) is 3.12. The summed E-state index contributed by atoms with van der Waals surface area (Å²) in [6.45, 7) is 2.87. The summed E-state index contributed by atoms with van der Waals surface area (Å²) >= 11 is 0. The molecule has 1 fully saturated rings. The number of benzene rings is 1. The van der Waals surface area contributed by atoms with E-state index in [-0.39, 0.29) is 6.04 Å². The number of hydrogen-bond donors (Lipinski definition) is 2. The Kier molecular flexibility index (Phi) is 3.83. The fraction of sp³-hybridized carbons (Fsp3) is 0.316. The Morgan fingerprint density at radius 3 is 3.14 bits per heavy atom. The number of nitrogens with zero attached hydrogens (tertiary/aromatic N) is 4. The molecule has 1 unspecified atom stereocenters. The first kappa shape index (κ1) is 16.8. The molecule has 144 valence electrons. The first-order chi connectivity index (χ1) is 13.7. The zero-order valence-corrected chi connectivity index (χ0v) is 15.3. The summed E-state index contributed by atoms with van der Waals surface area (Å²) in [7, 11) is 1.55. The van der Waals surface area contributed by atoms with Gasteiger partial charge in [0, 0.05) is 36.3 Å². The summed E-state index contributed by atoms with van der Waals surface area (Å²) in [6.07, 6.45) is 2.25. The van der Waals surface area contributed by atoms with Crippen LogP contribution in [0.15, 0.2) is 30.6 Å². The maximum absolute atomic E-state index is 11.7. The van der Waals surface area contributed by atoms with Crippen molar-refractivity contribution >= 4 is 28.5 Å². The Morgan fingerprint density at radius 2 is 2.32 bits per heavy atom. The van der Waals surface area contributed by atoms with Crippen LogP contribution < -0.4 is 15.0 Å². The lowest BCUT2D eigenvalue weighted by Gasteiger charge is -2.41. The van der Waals surface area contributed by atoms with E-state index in [1.54, 1.807) is 31.6 Å². The molecular formula is C19H19N5O4. The minimum absolute atomic E-state index is 0.230. The Morgan fingerprint density at radius 1 is 1.43 bits per heavy atom. The van der Waals surface area contributed by atoms with E-state index < -0.39 is 6.09 Å². The topological polar surface area (TPSA) is 102 Å². The standard InChI is InChI=1S/C19H19N5O4/c1-27-12-2-3-13-14(9-24(19(25)26)16(13)6-12)17-21-8-15-18(22-17)23-4-5-28-10-11(23)7-20-15/h2-3,6,8-9,11,20H,4-5,7,10H2,1H3,(H,25,26). The van der Waals surface area contributed by atoms with Crippen LogP contribution in [0.3, 0.4) is 0 Å². The number of aromatic nitrogens is 3. The Hall–Kier alpha value is -3.33. The zero-order valence-electron chi connectivity index (χ0n) is 15.3. The molecule has 9 heteroatoms. The molecular weight excluding hydrogens is 362 g/mol. The highest BCUT2D eigenvalue weighted by Gasteiger charge is 2.31. The van der Waals surface area contributed by atoms with Crippen LogP contribution in [0, 0.1) is 0 Å². The number of nitrogens with one attached hydrogen (secondary N) is 1. The van der Waals surface area contributed by atoms with Crippen LogP contribution in [0.25, 0.3) is 22.3 Å². The quantitative estimate of drug-likeness (QED) is 0.697. The molecule has 2 N–H and O–H groups in total. The Balaban J connectivity index is 1.66. The third kappa shape index (κ3) is 2.55. The molecule has 0 aliphatic carbocycles. The SMILES string of the molecule is COc1ccc2c(-c3ncc4c(n3)N3CCOCC3CN4)cn(C(=O)O)c2c1. The number of carboxylic acid groups (broad SMARTS) is 1. The lowest BCUT2D eigenvalue weighted by molar-refractivity contribution is 0.0959. The molecule has 3 aromatic rings. The van der Waals surface area contributed by atoms with E-state index in [1.807, 2.05) is 6.07 Å². The van der Waals surface area contributed by atoms with Gasteiger partial charge >= 0.3 is 6.09 Å². The van der Waals surface area contributed by atoms with E-state index >= 15 is 0 Å². The molecule has 0 spiro atoms. The number of fused-ring (bicyclic) bond motifs is 4. The number of anilines is 2. The van der Waals surface area contributed by atoms with Crippen LogP contribution in [0.2, 0.25) is 0 Å². The van der Waals surface area contributed by atoms with Gasteiger partial charge in [-0.05, 0) is 12.1 Å². The van der Waals surface area contributed by atoms with Crippen LogP contribution in [-0.2, 0) is 4.74 Å². The van der Waals surface area contributed by atoms with Crippen LogP contribution in [0.4, 0.5) is 16.3 Å². The van der Waals surface area contributed by atoms with Crippen molar-refractivity contribution in [2.45, 2.75) is 6.04 Å². The van der Waals surface area contributed by atoms with Gasteiger partial charge in [-0.1, -0.05) is 0 Å². The zero-order chi connectivity index (χ0) is 19.3. The average molecular weight is 381 g/mol. The van der Waals surface area contributed by atoms with E-state index in [9.17, 15) is 9.90 Å². The van der Waals surface area contributed by atoms with Crippen molar-refractivity contribution in [3.8, 4) is 17.1 Å². The van der Waals surface area contributed by atoms with E-state index in [1.165, 1.54) is 4.57 Å². The van der Waals surface area contributed by atoms with Gasteiger partial charge in [0.25, 0.3) is 0 Å². The molecule has 0 saturated carbocycles.